The maximum Gasteiger partial charge on any atom is 0.164 e. The fourth-order valence-electron chi connectivity index (χ4n) is 7.13. The molecule has 2 aromatic heterocycles. The Balaban J connectivity index is 1.16. The Kier molecular flexibility index (Phi) is 7.07. The number of anilines is 3. The summed E-state index contributed by atoms with van der Waals surface area (Å²) in [6, 6.07) is 62.9. The molecule has 0 N–H and O–H groups in total. The predicted octanol–water partition coefficient (Wildman–Crippen LogP) is 12.5. The van der Waals surface area contributed by atoms with Crippen LogP contribution in [0.2, 0.25) is 0 Å². The van der Waals surface area contributed by atoms with Crippen LogP contribution in [0.5, 0.6) is 0 Å². The Morgan fingerprint density at radius 3 is 1.46 bits per heavy atom. The van der Waals surface area contributed by atoms with Crippen LogP contribution in [0.1, 0.15) is 0 Å². The topological polar surface area (TPSA) is 55.1 Å². The van der Waals surface area contributed by atoms with Gasteiger partial charge in [-0.15, -0.1) is 0 Å². The molecule has 244 valence electrons. The van der Waals surface area contributed by atoms with Gasteiger partial charge in [-0.2, -0.15) is 0 Å². The Morgan fingerprint density at radius 2 is 0.885 bits per heavy atom. The summed E-state index contributed by atoms with van der Waals surface area (Å²) < 4.78 is 6.65. The van der Waals surface area contributed by atoms with Crippen molar-refractivity contribution in [2.75, 3.05) is 4.90 Å². The highest BCUT2D eigenvalue weighted by Gasteiger charge is 2.21. The lowest BCUT2D eigenvalue weighted by Crippen LogP contribution is -2.10. The molecule has 0 atom stereocenters. The molecule has 0 aliphatic rings. The second-order valence-corrected chi connectivity index (χ2v) is 12.9. The fraction of sp³-hybridized carbons (Fsp3) is 0. The summed E-state index contributed by atoms with van der Waals surface area (Å²) in [4.78, 5) is 17.1. The van der Waals surface area contributed by atoms with Crippen molar-refractivity contribution in [1.29, 1.82) is 0 Å². The summed E-state index contributed by atoms with van der Waals surface area (Å²) in [6.07, 6.45) is 0. The average Bonchev–Trinajstić information content (AvgIpc) is 3.60. The first kappa shape index (κ1) is 29.8. The lowest BCUT2D eigenvalue weighted by Gasteiger charge is -2.27. The lowest BCUT2D eigenvalue weighted by molar-refractivity contribution is 0.669. The van der Waals surface area contributed by atoms with E-state index in [4.69, 9.17) is 19.4 Å². The molecule has 5 nitrogen and oxygen atoms in total. The third-order valence-corrected chi connectivity index (χ3v) is 9.66. The van der Waals surface area contributed by atoms with Gasteiger partial charge in [-0.3, -0.25) is 0 Å². The van der Waals surface area contributed by atoms with Gasteiger partial charge in [0.25, 0.3) is 0 Å². The maximum atomic E-state index is 6.65. The van der Waals surface area contributed by atoms with Gasteiger partial charge in [0.15, 0.2) is 17.5 Å². The van der Waals surface area contributed by atoms with Crippen molar-refractivity contribution in [3.05, 3.63) is 182 Å². The highest BCUT2D eigenvalue weighted by Crippen LogP contribution is 2.44. The second kappa shape index (κ2) is 12.3. The largest absolute Gasteiger partial charge is 0.456 e. The summed E-state index contributed by atoms with van der Waals surface area (Å²) in [7, 11) is 0. The van der Waals surface area contributed by atoms with Crippen molar-refractivity contribution in [2.24, 2.45) is 0 Å². The van der Waals surface area contributed by atoms with Crippen molar-refractivity contribution in [3.8, 4) is 34.2 Å². The van der Waals surface area contributed by atoms with Gasteiger partial charge in [0.1, 0.15) is 11.2 Å². The van der Waals surface area contributed by atoms with E-state index in [0.29, 0.717) is 17.5 Å². The van der Waals surface area contributed by atoms with Crippen LogP contribution in [0.15, 0.2) is 186 Å². The Labute approximate surface area is 300 Å². The molecule has 0 unspecified atom stereocenters. The van der Waals surface area contributed by atoms with Crippen LogP contribution in [-0.2, 0) is 0 Å². The number of hydrogen-bond donors (Lipinski definition) is 0. The van der Waals surface area contributed by atoms with Crippen LogP contribution in [0.25, 0.3) is 77.6 Å². The predicted molar refractivity (Wildman–Crippen MR) is 213 cm³/mol. The van der Waals surface area contributed by atoms with Gasteiger partial charge in [-0.05, 0) is 70.1 Å². The molecule has 10 aromatic rings. The summed E-state index contributed by atoms with van der Waals surface area (Å²) >= 11 is 0. The third kappa shape index (κ3) is 5.24. The van der Waals surface area contributed by atoms with Gasteiger partial charge in [0, 0.05) is 33.5 Å². The molecule has 0 saturated heterocycles. The van der Waals surface area contributed by atoms with Crippen LogP contribution in [0.4, 0.5) is 17.1 Å². The number of hydrogen-bond acceptors (Lipinski definition) is 5. The van der Waals surface area contributed by atoms with E-state index in [1.807, 2.05) is 72.8 Å². The molecule has 0 saturated carbocycles. The number of nitrogens with zero attached hydrogens (tertiary/aromatic N) is 4. The smallest absolute Gasteiger partial charge is 0.164 e. The minimum atomic E-state index is 0.587. The zero-order valence-electron chi connectivity index (χ0n) is 28.0. The number of rotatable bonds is 6. The molecule has 0 spiro atoms. The molecule has 0 radical (unpaired) electrons. The highest BCUT2D eigenvalue weighted by atomic mass is 16.3. The van der Waals surface area contributed by atoms with Gasteiger partial charge in [-0.25, -0.2) is 15.0 Å². The van der Waals surface area contributed by atoms with E-state index < -0.39 is 0 Å². The maximum absolute atomic E-state index is 6.65. The van der Waals surface area contributed by atoms with Crippen LogP contribution in [0.3, 0.4) is 0 Å². The monoisotopic (exact) mass is 666 g/mol. The molecule has 5 heteroatoms. The van der Waals surface area contributed by atoms with Gasteiger partial charge < -0.3 is 9.32 Å². The standard InChI is InChI=1S/C47H30N4O/c1-3-14-33(15-4-1)45-48-46(34-16-5-2-6-17-34)50-47(49-45)37-24-27-40-43(30-37)52-42-21-11-20-41(44(40)42)51(38-25-22-31-12-7-9-18-35(31)28-38)39-26-23-32-13-8-10-19-36(32)29-39/h1-30H. The normalized spacial score (nSPS) is 11.5. The van der Waals surface area contributed by atoms with E-state index in [2.05, 4.69) is 114 Å². The van der Waals surface area contributed by atoms with Crippen molar-refractivity contribution in [3.63, 3.8) is 0 Å². The lowest BCUT2D eigenvalue weighted by atomic mass is 10.0. The van der Waals surface area contributed by atoms with Crippen molar-refractivity contribution in [2.45, 2.75) is 0 Å². The number of benzene rings is 8. The van der Waals surface area contributed by atoms with Gasteiger partial charge in [0.05, 0.1) is 11.1 Å². The Morgan fingerprint density at radius 1 is 0.365 bits per heavy atom. The molecular formula is C47H30N4O. The first-order valence-electron chi connectivity index (χ1n) is 17.4. The van der Waals surface area contributed by atoms with Gasteiger partial charge >= 0.3 is 0 Å². The van der Waals surface area contributed by atoms with Crippen molar-refractivity contribution >= 4 is 60.5 Å². The molecule has 52 heavy (non-hydrogen) atoms. The number of furan rings is 1. The molecule has 0 bridgehead atoms. The van der Waals surface area contributed by atoms with Crippen LogP contribution in [0, 0.1) is 0 Å². The van der Waals surface area contributed by atoms with Crippen LogP contribution in [-0.4, -0.2) is 15.0 Å². The highest BCUT2D eigenvalue weighted by molar-refractivity contribution is 6.14. The third-order valence-electron chi connectivity index (χ3n) is 9.66. The SMILES string of the molecule is c1ccc(-c2nc(-c3ccccc3)nc(-c3ccc4c(c3)oc3cccc(N(c5ccc6ccccc6c5)c5ccc6ccccc6c5)c34)n2)cc1. The van der Waals surface area contributed by atoms with E-state index in [-0.39, 0.29) is 0 Å². The van der Waals surface area contributed by atoms with E-state index in [0.717, 1.165) is 55.7 Å². The summed E-state index contributed by atoms with van der Waals surface area (Å²) in [6.45, 7) is 0. The zero-order chi connectivity index (χ0) is 34.4. The second-order valence-electron chi connectivity index (χ2n) is 12.9. The molecule has 0 aliphatic carbocycles. The van der Waals surface area contributed by atoms with Crippen LogP contribution >= 0.6 is 0 Å². The summed E-state index contributed by atoms with van der Waals surface area (Å²) in [5.41, 5.74) is 7.46. The molecule has 8 aromatic carbocycles. The van der Waals surface area contributed by atoms with Gasteiger partial charge in [0.2, 0.25) is 0 Å². The fourth-order valence-corrected chi connectivity index (χ4v) is 7.13. The molecule has 0 fully saturated rings. The average molecular weight is 667 g/mol. The molecular weight excluding hydrogens is 637 g/mol. The van der Waals surface area contributed by atoms with Crippen molar-refractivity contribution in [1.82, 2.24) is 15.0 Å². The van der Waals surface area contributed by atoms with Crippen molar-refractivity contribution < 1.29 is 4.42 Å². The Hall–Kier alpha value is -7.11. The van der Waals surface area contributed by atoms with E-state index >= 15 is 0 Å². The van der Waals surface area contributed by atoms with E-state index in [1.165, 1.54) is 21.5 Å². The quantitative estimate of drug-likeness (QED) is 0.177. The Bertz CT molecular complexity index is 2780. The summed E-state index contributed by atoms with van der Waals surface area (Å²) in [5.74, 6) is 1.83. The molecule has 0 amide bonds. The van der Waals surface area contributed by atoms with E-state index in [1.54, 1.807) is 0 Å². The molecule has 2 heterocycles. The van der Waals surface area contributed by atoms with Gasteiger partial charge in [-0.1, -0.05) is 133 Å². The zero-order valence-corrected chi connectivity index (χ0v) is 28.0. The number of fused-ring (bicyclic) bond motifs is 5. The van der Waals surface area contributed by atoms with Crippen LogP contribution < -0.4 is 4.90 Å². The summed E-state index contributed by atoms with van der Waals surface area (Å²) in [5, 5.41) is 6.82. The molecule has 10 rings (SSSR count). The minimum absolute atomic E-state index is 0.587. The van der Waals surface area contributed by atoms with E-state index in [9.17, 15) is 0 Å². The first-order valence-corrected chi connectivity index (χ1v) is 17.4. The number of aromatic nitrogens is 3. The minimum Gasteiger partial charge on any atom is -0.456 e. The molecule has 0 aliphatic heterocycles. The first-order chi connectivity index (χ1) is 25.7.